The lowest BCUT2D eigenvalue weighted by molar-refractivity contribution is -0.0963. The fraction of sp³-hybridized carbons (Fsp3) is 0.567. The van der Waals surface area contributed by atoms with E-state index in [9.17, 15) is 15.3 Å². The predicted molar refractivity (Wildman–Crippen MR) is 146 cm³/mol. The van der Waals surface area contributed by atoms with Crippen molar-refractivity contribution in [2.75, 3.05) is 14.1 Å². The molecule has 4 aliphatic rings. The average molecular weight is 529 g/mol. The molecule has 6 rings (SSSR count). The molecule has 1 heterocycles. The lowest BCUT2D eigenvalue weighted by Crippen LogP contribution is -2.55. The van der Waals surface area contributed by atoms with Gasteiger partial charge in [0.2, 0.25) is 0 Å². The second-order valence-corrected chi connectivity index (χ2v) is 12.0. The highest BCUT2D eigenvalue weighted by Crippen LogP contribution is 2.63. The molecule has 0 amide bonds. The van der Waals surface area contributed by atoms with Gasteiger partial charge in [-0.25, -0.2) is 9.37 Å². The van der Waals surface area contributed by atoms with E-state index >= 15 is 4.39 Å². The zero-order valence-corrected chi connectivity index (χ0v) is 22.6. The highest BCUT2D eigenvalue weighted by molar-refractivity contribution is 6.34. The summed E-state index contributed by atoms with van der Waals surface area (Å²) in [5.41, 5.74) is -0.787. The first-order valence-electron chi connectivity index (χ1n) is 13.4. The Morgan fingerprint density at radius 2 is 1.86 bits per heavy atom. The van der Waals surface area contributed by atoms with Gasteiger partial charge in [-0.2, -0.15) is 0 Å². The summed E-state index contributed by atoms with van der Waals surface area (Å²) in [7, 11) is 3.75. The molecule has 2 aromatic rings. The molecule has 2 fully saturated rings. The van der Waals surface area contributed by atoms with Crippen molar-refractivity contribution in [3.05, 3.63) is 58.9 Å². The molecular weight excluding hydrogens is 491 g/mol. The van der Waals surface area contributed by atoms with E-state index in [1.54, 1.807) is 6.20 Å². The van der Waals surface area contributed by atoms with Gasteiger partial charge in [-0.3, -0.25) is 0 Å². The van der Waals surface area contributed by atoms with Gasteiger partial charge in [0.25, 0.3) is 0 Å². The van der Waals surface area contributed by atoms with Crippen LogP contribution in [0.15, 0.2) is 48.2 Å². The molecule has 2 saturated carbocycles. The Labute approximate surface area is 223 Å². The van der Waals surface area contributed by atoms with E-state index < -0.39 is 23.5 Å². The Morgan fingerprint density at radius 3 is 2.62 bits per heavy atom. The Hall–Kier alpha value is -1.83. The number of allylic oxidation sites excluding steroid dienone is 3. The van der Waals surface area contributed by atoms with Gasteiger partial charge in [-0.15, -0.1) is 0 Å². The molecule has 7 atom stereocenters. The highest BCUT2D eigenvalue weighted by atomic mass is 35.5. The number of pyridine rings is 1. The Morgan fingerprint density at radius 1 is 1.11 bits per heavy atom. The van der Waals surface area contributed by atoms with Crippen LogP contribution in [0.4, 0.5) is 4.39 Å². The third kappa shape index (κ3) is 4.16. The summed E-state index contributed by atoms with van der Waals surface area (Å²) >= 11 is 6.27. The van der Waals surface area contributed by atoms with Crippen molar-refractivity contribution in [1.29, 1.82) is 0 Å². The zero-order chi connectivity index (χ0) is 26.6. The molecule has 0 bridgehead atoms. The minimum absolute atomic E-state index is 0.0633. The SMILES string of the molecule is CC12CC=C3C(O)C4(F)CC(O)CCC4CC[C@]3(O)C1CC=C2c1ccc2c(Cl)nccc2c1.CNC. The van der Waals surface area contributed by atoms with E-state index in [4.69, 9.17) is 11.6 Å². The first-order chi connectivity index (χ1) is 17.6. The maximum Gasteiger partial charge on any atom is 0.145 e. The molecule has 0 saturated heterocycles. The number of aliphatic hydroxyl groups excluding tert-OH is 2. The van der Waals surface area contributed by atoms with Crippen LogP contribution in [0, 0.1) is 17.3 Å². The van der Waals surface area contributed by atoms with Crippen LogP contribution in [0.2, 0.25) is 5.15 Å². The van der Waals surface area contributed by atoms with Crippen molar-refractivity contribution in [3.63, 3.8) is 0 Å². The van der Waals surface area contributed by atoms with Gasteiger partial charge in [0.15, 0.2) is 0 Å². The van der Waals surface area contributed by atoms with Crippen molar-refractivity contribution >= 4 is 27.9 Å². The second kappa shape index (κ2) is 9.73. The third-order valence-electron chi connectivity index (χ3n) is 9.49. The minimum Gasteiger partial charge on any atom is -0.393 e. The van der Waals surface area contributed by atoms with E-state index in [0.717, 1.165) is 16.3 Å². The molecule has 0 spiro atoms. The first-order valence-corrected chi connectivity index (χ1v) is 13.8. The molecule has 4 aliphatic carbocycles. The number of alkyl halides is 1. The first kappa shape index (κ1) is 26.8. The van der Waals surface area contributed by atoms with E-state index in [1.165, 1.54) is 5.57 Å². The quantitative estimate of drug-likeness (QED) is 0.301. The molecule has 6 unspecified atom stereocenters. The van der Waals surface area contributed by atoms with Gasteiger partial charge in [0.05, 0.1) is 11.7 Å². The van der Waals surface area contributed by atoms with Gasteiger partial charge >= 0.3 is 0 Å². The Bertz CT molecular complexity index is 1250. The Kier molecular flexibility index (Phi) is 7.04. The fourth-order valence-electron chi connectivity index (χ4n) is 7.65. The van der Waals surface area contributed by atoms with Gasteiger partial charge in [0.1, 0.15) is 16.9 Å². The molecule has 0 aliphatic heterocycles. The van der Waals surface area contributed by atoms with Crippen LogP contribution in [-0.4, -0.2) is 57.9 Å². The summed E-state index contributed by atoms with van der Waals surface area (Å²) in [6, 6.07) is 8.13. The Balaban J connectivity index is 0.000000892. The maximum absolute atomic E-state index is 16.2. The average Bonchev–Trinajstić information content (AvgIpc) is 3.18. The van der Waals surface area contributed by atoms with Gasteiger partial charge in [-0.1, -0.05) is 42.8 Å². The minimum atomic E-state index is -1.89. The number of aliphatic hydroxyl groups is 3. The van der Waals surface area contributed by atoms with Gasteiger partial charge in [-0.05, 0) is 92.8 Å². The molecule has 7 heteroatoms. The molecule has 200 valence electrons. The van der Waals surface area contributed by atoms with Crippen molar-refractivity contribution in [1.82, 2.24) is 10.3 Å². The molecule has 37 heavy (non-hydrogen) atoms. The van der Waals surface area contributed by atoms with Crippen LogP contribution in [0.25, 0.3) is 16.3 Å². The van der Waals surface area contributed by atoms with Crippen LogP contribution in [-0.2, 0) is 0 Å². The standard InChI is InChI=1S/C28H31ClFNO3.C2H7N/c1-26-11-9-22-24(33)27(30)15-19(32)4-3-18(27)8-12-28(22,34)23(26)7-6-21(26)17-2-5-20-16(14-17)10-13-31-25(20)29;1-3-2/h2,5-6,9-10,13-14,18-19,23-24,32-34H,3-4,7-8,11-12,15H2,1H3;3H,1-2H3/t18?,19?,23?,24?,26?,27?,28-;/m1./s1. The van der Waals surface area contributed by atoms with Crippen LogP contribution in [0.1, 0.15) is 57.4 Å². The van der Waals surface area contributed by atoms with Crippen LogP contribution in [0.3, 0.4) is 0 Å². The van der Waals surface area contributed by atoms with Crippen LogP contribution < -0.4 is 5.32 Å². The number of nitrogens with one attached hydrogen (secondary N) is 1. The lowest BCUT2D eigenvalue weighted by atomic mass is 9.57. The van der Waals surface area contributed by atoms with Crippen LogP contribution in [0.5, 0.6) is 0 Å². The number of hydrogen-bond donors (Lipinski definition) is 4. The highest BCUT2D eigenvalue weighted by Gasteiger charge is 2.62. The summed E-state index contributed by atoms with van der Waals surface area (Å²) in [5, 5.41) is 38.8. The van der Waals surface area contributed by atoms with E-state index in [0.29, 0.717) is 49.3 Å². The van der Waals surface area contributed by atoms with Crippen molar-refractivity contribution in [2.45, 2.75) is 75.3 Å². The normalized spacial score (nSPS) is 38.8. The predicted octanol–water partition coefficient (Wildman–Crippen LogP) is 5.22. The number of nitrogens with zero attached hydrogens (tertiary/aromatic N) is 1. The smallest absolute Gasteiger partial charge is 0.145 e. The number of rotatable bonds is 1. The summed E-state index contributed by atoms with van der Waals surface area (Å²) < 4.78 is 16.2. The number of benzene rings is 1. The molecule has 1 aromatic carbocycles. The molecule has 0 radical (unpaired) electrons. The summed E-state index contributed by atoms with van der Waals surface area (Å²) in [6.07, 6.45) is 6.95. The second-order valence-electron chi connectivity index (χ2n) is 11.6. The maximum atomic E-state index is 16.2. The largest absolute Gasteiger partial charge is 0.393 e. The van der Waals surface area contributed by atoms with E-state index in [2.05, 4.69) is 35.4 Å². The van der Waals surface area contributed by atoms with Crippen molar-refractivity contribution in [2.24, 2.45) is 17.3 Å². The summed E-state index contributed by atoms with van der Waals surface area (Å²) in [5.74, 6) is -0.490. The molecule has 1 aromatic heterocycles. The summed E-state index contributed by atoms with van der Waals surface area (Å²) in [4.78, 5) is 4.16. The summed E-state index contributed by atoms with van der Waals surface area (Å²) in [6.45, 7) is 2.19. The van der Waals surface area contributed by atoms with Crippen molar-refractivity contribution < 1.29 is 19.7 Å². The zero-order valence-electron chi connectivity index (χ0n) is 21.8. The van der Waals surface area contributed by atoms with E-state index in [-0.39, 0.29) is 23.7 Å². The number of halogens is 2. The number of fused-ring (bicyclic) bond motifs is 5. The lowest BCUT2D eigenvalue weighted by Gasteiger charge is -2.50. The van der Waals surface area contributed by atoms with Crippen LogP contribution >= 0.6 is 11.6 Å². The third-order valence-corrected chi connectivity index (χ3v) is 9.79. The molecule has 5 nitrogen and oxygen atoms in total. The number of aromatic nitrogens is 1. The van der Waals surface area contributed by atoms with Gasteiger partial charge < -0.3 is 20.6 Å². The fourth-order valence-corrected chi connectivity index (χ4v) is 7.88. The molecule has 4 N–H and O–H groups in total. The topological polar surface area (TPSA) is 85.6 Å². The number of hydrogen-bond acceptors (Lipinski definition) is 5. The van der Waals surface area contributed by atoms with Gasteiger partial charge in [0, 0.05) is 29.3 Å². The molecular formula is C30H38ClFN2O3. The monoisotopic (exact) mass is 528 g/mol. The van der Waals surface area contributed by atoms with Crippen molar-refractivity contribution in [3.8, 4) is 0 Å². The van der Waals surface area contributed by atoms with E-state index in [1.807, 2.05) is 32.3 Å².